The molecule has 0 radical (unpaired) electrons. The van der Waals surface area contributed by atoms with Crippen LogP contribution in [0.15, 0.2) is 18.2 Å². The number of aryl methyl sites for hydroxylation is 1. The lowest BCUT2D eigenvalue weighted by Gasteiger charge is -2.20. The Bertz CT molecular complexity index is 920. The van der Waals surface area contributed by atoms with Crippen molar-refractivity contribution < 1.29 is 14.4 Å². The minimum Gasteiger partial charge on any atom is -0.323 e. The standard InChI is InChI=1S/C18H20N4O3S/c1-3-10-4-7-12-13(8-10)26-16(19-12)20-14(23)9-22-15(24)18(2,11-5-6-11)21-17(22)25/h4,7-8,11H,3,5-6,9H2,1-2H3,(H,21,25)(H,19,20,23)/t18-/m0/s1. The zero-order valence-electron chi connectivity index (χ0n) is 14.7. The predicted octanol–water partition coefficient (Wildman–Crippen LogP) is 2.52. The summed E-state index contributed by atoms with van der Waals surface area (Å²) < 4.78 is 0.996. The van der Waals surface area contributed by atoms with Crippen molar-refractivity contribution in [1.29, 1.82) is 0 Å². The second kappa shape index (κ2) is 6.05. The van der Waals surface area contributed by atoms with Crippen LogP contribution in [0.2, 0.25) is 0 Å². The summed E-state index contributed by atoms with van der Waals surface area (Å²) >= 11 is 1.38. The van der Waals surface area contributed by atoms with Gasteiger partial charge in [-0.25, -0.2) is 9.78 Å². The van der Waals surface area contributed by atoms with Crippen LogP contribution in [0.25, 0.3) is 10.2 Å². The van der Waals surface area contributed by atoms with Gasteiger partial charge in [0.15, 0.2) is 5.13 Å². The van der Waals surface area contributed by atoms with Gasteiger partial charge in [0.05, 0.1) is 10.2 Å². The predicted molar refractivity (Wildman–Crippen MR) is 99.0 cm³/mol. The molecule has 2 fully saturated rings. The molecule has 2 aromatic rings. The number of rotatable bonds is 5. The van der Waals surface area contributed by atoms with E-state index in [1.165, 1.54) is 16.9 Å². The highest BCUT2D eigenvalue weighted by Crippen LogP contribution is 2.42. The number of thiazole rings is 1. The van der Waals surface area contributed by atoms with Crippen LogP contribution >= 0.6 is 11.3 Å². The molecule has 1 saturated carbocycles. The Morgan fingerprint density at radius 1 is 1.42 bits per heavy atom. The Kier molecular flexibility index (Phi) is 3.95. The number of fused-ring (bicyclic) bond motifs is 1. The van der Waals surface area contributed by atoms with Crippen LogP contribution in [0.5, 0.6) is 0 Å². The van der Waals surface area contributed by atoms with E-state index in [0.29, 0.717) is 5.13 Å². The molecule has 8 heteroatoms. The number of aromatic nitrogens is 1. The third-order valence-corrected chi connectivity index (χ3v) is 6.04. The molecular formula is C18H20N4O3S. The van der Waals surface area contributed by atoms with Gasteiger partial charge in [-0.05, 0) is 49.8 Å². The largest absolute Gasteiger partial charge is 0.325 e. The molecule has 1 aromatic carbocycles. The highest BCUT2D eigenvalue weighted by atomic mass is 32.1. The SMILES string of the molecule is CCc1ccc2nc(NC(=O)CN3C(=O)N[C@@](C)(C4CC4)C3=O)sc2c1. The summed E-state index contributed by atoms with van der Waals surface area (Å²) in [4.78, 5) is 42.4. The summed E-state index contributed by atoms with van der Waals surface area (Å²) in [5.74, 6) is -0.579. The number of carbonyl (C=O) groups is 3. The highest BCUT2D eigenvalue weighted by Gasteiger charge is 2.56. The van der Waals surface area contributed by atoms with Gasteiger partial charge in [-0.1, -0.05) is 24.3 Å². The van der Waals surface area contributed by atoms with Crippen LogP contribution in [0, 0.1) is 5.92 Å². The van der Waals surface area contributed by atoms with Crippen molar-refractivity contribution in [2.24, 2.45) is 5.92 Å². The number of benzene rings is 1. The van der Waals surface area contributed by atoms with E-state index in [2.05, 4.69) is 28.6 Å². The smallest absolute Gasteiger partial charge is 0.323 e. The first-order valence-corrected chi connectivity index (χ1v) is 9.56. The Morgan fingerprint density at radius 2 is 2.19 bits per heavy atom. The van der Waals surface area contributed by atoms with Crippen LogP contribution in [-0.2, 0) is 16.0 Å². The van der Waals surface area contributed by atoms with Gasteiger partial charge in [-0.15, -0.1) is 0 Å². The van der Waals surface area contributed by atoms with Gasteiger partial charge in [-0.3, -0.25) is 14.5 Å². The van der Waals surface area contributed by atoms with Crippen molar-refractivity contribution in [3.8, 4) is 0 Å². The molecule has 4 rings (SSSR count). The average molecular weight is 372 g/mol. The molecule has 1 saturated heterocycles. The molecule has 2 aliphatic rings. The minimum atomic E-state index is -0.871. The van der Waals surface area contributed by atoms with Gasteiger partial charge in [-0.2, -0.15) is 0 Å². The summed E-state index contributed by atoms with van der Waals surface area (Å²) in [6, 6.07) is 5.50. The zero-order chi connectivity index (χ0) is 18.5. The van der Waals surface area contributed by atoms with E-state index in [1.54, 1.807) is 6.92 Å². The maximum atomic E-state index is 12.6. The van der Waals surface area contributed by atoms with Crippen molar-refractivity contribution in [2.45, 2.75) is 38.6 Å². The molecule has 1 aliphatic carbocycles. The third-order valence-electron chi connectivity index (χ3n) is 5.10. The topological polar surface area (TPSA) is 91.4 Å². The fourth-order valence-corrected chi connectivity index (χ4v) is 4.29. The first-order chi connectivity index (χ1) is 12.4. The number of nitrogens with zero attached hydrogens (tertiary/aromatic N) is 2. The van der Waals surface area contributed by atoms with E-state index in [0.717, 1.165) is 34.4 Å². The van der Waals surface area contributed by atoms with Gasteiger partial charge in [0.25, 0.3) is 5.91 Å². The minimum absolute atomic E-state index is 0.170. The molecule has 7 nitrogen and oxygen atoms in total. The Morgan fingerprint density at radius 3 is 2.88 bits per heavy atom. The number of nitrogens with one attached hydrogen (secondary N) is 2. The average Bonchev–Trinajstić information content (AvgIpc) is 3.35. The summed E-state index contributed by atoms with van der Waals surface area (Å²) in [6.45, 7) is 3.52. The number of urea groups is 1. The molecular weight excluding hydrogens is 352 g/mol. The van der Waals surface area contributed by atoms with Crippen LogP contribution in [-0.4, -0.2) is 39.8 Å². The van der Waals surface area contributed by atoms with Gasteiger partial charge < -0.3 is 10.6 Å². The van der Waals surface area contributed by atoms with Crippen molar-refractivity contribution >= 4 is 44.5 Å². The van der Waals surface area contributed by atoms with E-state index >= 15 is 0 Å². The maximum absolute atomic E-state index is 12.6. The van der Waals surface area contributed by atoms with Crippen molar-refractivity contribution in [1.82, 2.24) is 15.2 Å². The number of hydrogen-bond donors (Lipinski definition) is 2. The van der Waals surface area contributed by atoms with E-state index in [-0.39, 0.29) is 18.4 Å². The summed E-state index contributed by atoms with van der Waals surface area (Å²) in [7, 11) is 0. The molecule has 1 atom stereocenters. The van der Waals surface area contributed by atoms with E-state index < -0.39 is 17.5 Å². The lowest BCUT2D eigenvalue weighted by atomic mass is 9.96. The molecule has 26 heavy (non-hydrogen) atoms. The number of carbonyl (C=O) groups excluding carboxylic acids is 3. The van der Waals surface area contributed by atoms with E-state index in [1.807, 2.05) is 12.1 Å². The lowest BCUT2D eigenvalue weighted by molar-refractivity contribution is -0.134. The number of hydrogen-bond acceptors (Lipinski definition) is 5. The number of imide groups is 1. The lowest BCUT2D eigenvalue weighted by Crippen LogP contribution is -2.46. The molecule has 0 bridgehead atoms. The maximum Gasteiger partial charge on any atom is 0.325 e. The monoisotopic (exact) mass is 372 g/mol. The van der Waals surface area contributed by atoms with E-state index in [9.17, 15) is 14.4 Å². The highest BCUT2D eigenvalue weighted by molar-refractivity contribution is 7.22. The molecule has 1 aromatic heterocycles. The fraction of sp³-hybridized carbons (Fsp3) is 0.444. The first-order valence-electron chi connectivity index (χ1n) is 8.74. The number of amides is 4. The molecule has 0 unspecified atom stereocenters. The molecule has 2 N–H and O–H groups in total. The second-order valence-electron chi connectivity index (χ2n) is 7.02. The van der Waals surface area contributed by atoms with Crippen LogP contribution in [0.1, 0.15) is 32.3 Å². The summed E-state index contributed by atoms with van der Waals surface area (Å²) in [5, 5.41) is 5.91. The van der Waals surface area contributed by atoms with Gasteiger partial charge in [0.2, 0.25) is 5.91 Å². The van der Waals surface area contributed by atoms with E-state index in [4.69, 9.17) is 0 Å². The molecule has 1 aliphatic heterocycles. The van der Waals surface area contributed by atoms with Crippen LogP contribution in [0.3, 0.4) is 0 Å². The van der Waals surface area contributed by atoms with Crippen molar-refractivity contribution in [2.75, 3.05) is 11.9 Å². The van der Waals surface area contributed by atoms with Gasteiger partial charge in [0, 0.05) is 0 Å². The summed E-state index contributed by atoms with van der Waals surface area (Å²) in [5.41, 5.74) is 1.15. The Hall–Kier alpha value is -2.48. The molecule has 136 valence electrons. The third kappa shape index (κ3) is 2.84. The summed E-state index contributed by atoms with van der Waals surface area (Å²) in [6.07, 6.45) is 2.78. The fourth-order valence-electron chi connectivity index (χ4n) is 3.34. The van der Waals surface area contributed by atoms with Crippen LogP contribution in [0.4, 0.5) is 9.93 Å². The molecule has 2 heterocycles. The first kappa shape index (κ1) is 17.0. The molecule has 4 amide bonds. The van der Waals surface area contributed by atoms with Crippen LogP contribution < -0.4 is 10.6 Å². The zero-order valence-corrected chi connectivity index (χ0v) is 15.5. The number of anilines is 1. The van der Waals surface area contributed by atoms with Gasteiger partial charge >= 0.3 is 6.03 Å². The van der Waals surface area contributed by atoms with Gasteiger partial charge in [0.1, 0.15) is 12.1 Å². The van der Waals surface area contributed by atoms with Crippen molar-refractivity contribution in [3.05, 3.63) is 23.8 Å². The normalized spacial score (nSPS) is 22.8. The Balaban J connectivity index is 1.45. The second-order valence-corrected chi connectivity index (χ2v) is 8.05. The van der Waals surface area contributed by atoms with Crippen molar-refractivity contribution in [3.63, 3.8) is 0 Å². The quantitative estimate of drug-likeness (QED) is 0.789. The Labute approximate surface area is 154 Å². The molecule has 0 spiro atoms.